The zero-order valence-corrected chi connectivity index (χ0v) is 18.6. The maximum absolute atomic E-state index is 12.4. The fourth-order valence-electron chi connectivity index (χ4n) is 2.79. The molecule has 10 heteroatoms. The molecule has 33 heavy (non-hydrogen) atoms. The highest BCUT2D eigenvalue weighted by atomic mass is 35.5. The third-order valence-electron chi connectivity index (χ3n) is 4.45. The van der Waals surface area contributed by atoms with E-state index in [1.165, 1.54) is 12.3 Å². The number of urea groups is 1. The van der Waals surface area contributed by atoms with Gasteiger partial charge >= 0.3 is 12.0 Å². The molecule has 0 aliphatic heterocycles. The summed E-state index contributed by atoms with van der Waals surface area (Å²) in [7, 11) is 0. The number of aromatic nitrogens is 1. The molecule has 9 nitrogen and oxygen atoms in total. The Balaban J connectivity index is 1.57. The number of nitrogens with one attached hydrogen (secondary N) is 2. The van der Waals surface area contributed by atoms with Gasteiger partial charge in [-0.3, -0.25) is 0 Å². The van der Waals surface area contributed by atoms with Crippen LogP contribution >= 0.6 is 11.6 Å². The van der Waals surface area contributed by atoms with Crippen molar-refractivity contribution in [3.63, 3.8) is 0 Å². The van der Waals surface area contributed by atoms with Crippen LogP contribution in [0.5, 0.6) is 17.2 Å². The van der Waals surface area contributed by atoms with Crippen LogP contribution < -0.4 is 25.8 Å². The molecular weight excluding hydrogens is 448 g/mol. The van der Waals surface area contributed by atoms with Gasteiger partial charge in [0.2, 0.25) is 0 Å². The number of rotatable bonds is 9. The summed E-state index contributed by atoms with van der Waals surface area (Å²) in [6, 6.07) is 12.9. The molecule has 1 heterocycles. The number of pyridine rings is 1. The number of hydrogen-bond acceptors (Lipinski definition) is 6. The number of ether oxygens (including phenoxy) is 2. The van der Waals surface area contributed by atoms with Gasteiger partial charge in [-0.25, -0.2) is 14.6 Å². The van der Waals surface area contributed by atoms with E-state index >= 15 is 0 Å². The van der Waals surface area contributed by atoms with E-state index in [1.807, 2.05) is 6.92 Å². The van der Waals surface area contributed by atoms with E-state index in [1.54, 1.807) is 42.5 Å². The summed E-state index contributed by atoms with van der Waals surface area (Å²) >= 11 is 6.18. The van der Waals surface area contributed by atoms with Gasteiger partial charge in [0.1, 0.15) is 23.9 Å². The first-order valence-electron chi connectivity index (χ1n) is 9.99. The van der Waals surface area contributed by atoms with E-state index in [9.17, 15) is 9.59 Å². The second-order valence-electron chi connectivity index (χ2n) is 6.97. The van der Waals surface area contributed by atoms with Crippen LogP contribution in [0.15, 0.2) is 54.7 Å². The Morgan fingerprint density at radius 3 is 2.58 bits per heavy atom. The number of anilines is 1. The Hall–Kier alpha value is -3.82. The number of carbonyl (C=O) groups excluding carboxylic acids is 1. The monoisotopic (exact) mass is 470 g/mol. The molecular formula is C23H23ClN4O5. The van der Waals surface area contributed by atoms with Gasteiger partial charge < -0.3 is 30.9 Å². The maximum Gasteiger partial charge on any atom is 0.354 e. The zero-order valence-electron chi connectivity index (χ0n) is 17.8. The molecule has 0 atom stereocenters. The molecule has 172 valence electrons. The molecule has 0 unspecified atom stereocenters. The summed E-state index contributed by atoms with van der Waals surface area (Å²) in [6.45, 7) is 2.76. The van der Waals surface area contributed by atoms with E-state index in [2.05, 4.69) is 15.6 Å². The zero-order chi connectivity index (χ0) is 23.8. The van der Waals surface area contributed by atoms with Crippen LogP contribution in [-0.4, -0.2) is 35.2 Å². The number of carboxylic acid groups (broad SMARTS) is 1. The first-order valence-corrected chi connectivity index (χ1v) is 10.4. The lowest BCUT2D eigenvalue weighted by Gasteiger charge is -2.14. The predicted octanol–water partition coefficient (Wildman–Crippen LogP) is 4.19. The molecule has 5 N–H and O–H groups in total. The van der Waals surface area contributed by atoms with E-state index < -0.39 is 12.0 Å². The Kier molecular flexibility index (Phi) is 8.06. The van der Waals surface area contributed by atoms with Gasteiger partial charge in [0.15, 0.2) is 5.69 Å². The van der Waals surface area contributed by atoms with Gasteiger partial charge in [-0.2, -0.15) is 0 Å². The second kappa shape index (κ2) is 11.2. The molecule has 0 aliphatic carbocycles. The first kappa shape index (κ1) is 23.8. The number of aryl methyl sites for hydroxylation is 1. The van der Waals surface area contributed by atoms with Crippen molar-refractivity contribution < 1.29 is 24.2 Å². The first-order chi connectivity index (χ1) is 15.9. The molecule has 0 fully saturated rings. The Morgan fingerprint density at radius 2 is 1.88 bits per heavy atom. The number of aromatic carboxylic acids is 1. The largest absolute Gasteiger partial charge is 0.490 e. The smallest absolute Gasteiger partial charge is 0.354 e. The van der Waals surface area contributed by atoms with Crippen LogP contribution in [-0.2, 0) is 6.54 Å². The maximum atomic E-state index is 12.4. The minimum atomic E-state index is -1.13. The standard InChI is InChI=1S/C23H23ClN4O5/c1-14-10-21(32-9-7-25)19(12-18(14)24)28-23(31)27-13-15-2-4-16(5-3-15)33-17-6-8-26-20(11-17)22(29)30/h2-6,8,10-12H,7,9,13,25H2,1H3,(H,29,30)(H2,27,28,31). The lowest BCUT2D eigenvalue weighted by atomic mass is 10.2. The van der Waals surface area contributed by atoms with E-state index in [-0.39, 0.29) is 12.2 Å². The van der Waals surface area contributed by atoms with Gasteiger partial charge in [0.25, 0.3) is 0 Å². The average Bonchev–Trinajstić information content (AvgIpc) is 2.80. The molecule has 0 aliphatic rings. The fraction of sp³-hybridized carbons (Fsp3) is 0.174. The van der Waals surface area contributed by atoms with E-state index in [0.717, 1.165) is 11.1 Å². The number of halogens is 1. The number of carboxylic acids is 1. The van der Waals surface area contributed by atoms with E-state index in [4.69, 9.17) is 31.9 Å². The fourth-order valence-corrected chi connectivity index (χ4v) is 2.96. The Labute approximate surface area is 195 Å². The number of nitrogens with two attached hydrogens (primary N) is 1. The van der Waals surface area contributed by atoms with Crippen LogP contribution in [0.4, 0.5) is 10.5 Å². The van der Waals surface area contributed by atoms with Gasteiger partial charge in [-0.15, -0.1) is 0 Å². The number of amides is 2. The number of carbonyl (C=O) groups is 2. The molecule has 0 saturated heterocycles. The molecule has 0 bridgehead atoms. The van der Waals surface area contributed by atoms with Gasteiger partial charge in [0.05, 0.1) is 5.69 Å². The molecule has 1 aromatic heterocycles. The number of benzene rings is 2. The normalized spacial score (nSPS) is 10.4. The van der Waals surface area contributed by atoms with Crippen molar-refractivity contribution in [3.05, 3.63) is 76.6 Å². The lowest BCUT2D eigenvalue weighted by Crippen LogP contribution is -2.28. The molecule has 3 aromatic rings. The third kappa shape index (κ3) is 6.83. The second-order valence-corrected chi connectivity index (χ2v) is 7.38. The van der Waals surface area contributed by atoms with Crippen LogP contribution in [0.2, 0.25) is 5.02 Å². The number of nitrogens with zero attached hydrogens (tertiary/aromatic N) is 1. The summed E-state index contributed by atoms with van der Waals surface area (Å²) in [5.74, 6) is 0.228. The van der Waals surface area contributed by atoms with Gasteiger partial charge in [0, 0.05) is 30.4 Å². The van der Waals surface area contributed by atoms with Crippen molar-refractivity contribution >= 4 is 29.3 Å². The Morgan fingerprint density at radius 1 is 1.12 bits per heavy atom. The van der Waals surface area contributed by atoms with Crippen molar-refractivity contribution in [2.24, 2.45) is 5.73 Å². The van der Waals surface area contributed by atoms with Crippen LogP contribution in [0.1, 0.15) is 21.6 Å². The summed E-state index contributed by atoms with van der Waals surface area (Å²) < 4.78 is 11.2. The average molecular weight is 471 g/mol. The lowest BCUT2D eigenvalue weighted by molar-refractivity contribution is 0.0690. The third-order valence-corrected chi connectivity index (χ3v) is 4.85. The molecule has 3 rings (SSSR count). The minimum Gasteiger partial charge on any atom is -0.490 e. The molecule has 0 saturated carbocycles. The highest BCUT2D eigenvalue weighted by Gasteiger charge is 2.11. The van der Waals surface area contributed by atoms with Crippen molar-refractivity contribution in [1.29, 1.82) is 0 Å². The van der Waals surface area contributed by atoms with Crippen LogP contribution in [0, 0.1) is 6.92 Å². The topological polar surface area (TPSA) is 136 Å². The SMILES string of the molecule is Cc1cc(OCCN)c(NC(=O)NCc2ccc(Oc3ccnc(C(=O)O)c3)cc2)cc1Cl. The quantitative estimate of drug-likeness (QED) is 0.368. The minimum absolute atomic E-state index is 0.106. The van der Waals surface area contributed by atoms with Crippen LogP contribution in [0.3, 0.4) is 0 Å². The van der Waals surface area contributed by atoms with Crippen molar-refractivity contribution in [1.82, 2.24) is 10.3 Å². The summed E-state index contributed by atoms with van der Waals surface area (Å²) in [6.07, 6.45) is 1.36. The van der Waals surface area contributed by atoms with Gasteiger partial charge in [-0.05, 0) is 48.4 Å². The molecule has 2 aromatic carbocycles. The van der Waals surface area contributed by atoms with Crippen molar-refractivity contribution in [3.8, 4) is 17.2 Å². The number of hydrogen-bond donors (Lipinski definition) is 4. The van der Waals surface area contributed by atoms with E-state index in [0.29, 0.717) is 41.1 Å². The van der Waals surface area contributed by atoms with Gasteiger partial charge in [-0.1, -0.05) is 23.7 Å². The highest BCUT2D eigenvalue weighted by molar-refractivity contribution is 6.31. The van der Waals surface area contributed by atoms with Crippen molar-refractivity contribution in [2.45, 2.75) is 13.5 Å². The summed E-state index contributed by atoms with van der Waals surface area (Å²) in [4.78, 5) is 27.1. The molecule has 0 spiro atoms. The summed E-state index contributed by atoms with van der Waals surface area (Å²) in [5, 5.41) is 15.0. The van der Waals surface area contributed by atoms with Crippen LogP contribution in [0.25, 0.3) is 0 Å². The highest BCUT2D eigenvalue weighted by Crippen LogP contribution is 2.31. The van der Waals surface area contributed by atoms with Crippen molar-refractivity contribution in [2.75, 3.05) is 18.5 Å². The molecule has 0 radical (unpaired) electrons. The predicted molar refractivity (Wildman–Crippen MR) is 124 cm³/mol. The molecule has 2 amide bonds. The Bertz CT molecular complexity index is 1140. The summed E-state index contributed by atoms with van der Waals surface area (Å²) in [5.41, 5.74) is 7.49.